The molecular formula is C12H21N3O2. The molecule has 0 amide bonds. The molecule has 0 aliphatic carbocycles. The van der Waals surface area contributed by atoms with Gasteiger partial charge in [0.15, 0.2) is 0 Å². The minimum absolute atomic E-state index is 0.158. The average Bonchev–Trinajstić information content (AvgIpc) is 2.81. The van der Waals surface area contributed by atoms with Crippen molar-refractivity contribution in [1.82, 2.24) is 15.1 Å². The summed E-state index contributed by atoms with van der Waals surface area (Å²) in [5.74, 6) is -0.158. The second-order valence-corrected chi connectivity index (χ2v) is 3.82. The van der Waals surface area contributed by atoms with Crippen LogP contribution in [-0.2, 0) is 16.1 Å². The lowest BCUT2D eigenvalue weighted by molar-refractivity contribution is -0.145. The molecule has 0 aromatic carbocycles. The fourth-order valence-electron chi connectivity index (χ4n) is 1.62. The summed E-state index contributed by atoms with van der Waals surface area (Å²) in [5, 5.41) is 7.31. The van der Waals surface area contributed by atoms with Crippen LogP contribution in [0, 0.1) is 0 Å². The van der Waals surface area contributed by atoms with Crippen LogP contribution in [0.15, 0.2) is 18.5 Å². The number of carbonyl (C=O) groups excluding carboxylic acids is 1. The monoisotopic (exact) mass is 239 g/mol. The normalized spacial score (nSPS) is 12.4. The van der Waals surface area contributed by atoms with E-state index in [0.717, 1.165) is 19.4 Å². The molecule has 5 heteroatoms. The van der Waals surface area contributed by atoms with E-state index in [0.29, 0.717) is 13.2 Å². The van der Waals surface area contributed by atoms with Crippen LogP contribution >= 0.6 is 0 Å². The van der Waals surface area contributed by atoms with Gasteiger partial charge in [0.1, 0.15) is 6.04 Å². The summed E-state index contributed by atoms with van der Waals surface area (Å²) < 4.78 is 6.85. The van der Waals surface area contributed by atoms with Gasteiger partial charge in [-0.2, -0.15) is 5.10 Å². The first-order valence-electron chi connectivity index (χ1n) is 6.15. The molecule has 0 saturated heterocycles. The number of nitrogens with one attached hydrogen (secondary N) is 1. The minimum atomic E-state index is -0.199. The molecular weight excluding hydrogens is 218 g/mol. The van der Waals surface area contributed by atoms with Crippen molar-refractivity contribution < 1.29 is 9.53 Å². The number of hydrogen-bond donors (Lipinski definition) is 1. The first-order chi connectivity index (χ1) is 8.27. The Labute approximate surface area is 102 Å². The van der Waals surface area contributed by atoms with Crippen LogP contribution in [0.4, 0.5) is 0 Å². The maximum Gasteiger partial charge on any atom is 0.323 e. The highest BCUT2D eigenvalue weighted by Crippen LogP contribution is 1.99. The van der Waals surface area contributed by atoms with Gasteiger partial charge in [-0.1, -0.05) is 13.3 Å². The molecule has 1 rings (SSSR count). The highest BCUT2D eigenvalue weighted by Gasteiger charge is 2.17. The Morgan fingerprint density at radius 1 is 1.53 bits per heavy atom. The number of nitrogens with zero attached hydrogens (tertiary/aromatic N) is 2. The van der Waals surface area contributed by atoms with E-state index in [9.17, 15) is 4.79 Å². The molecule has 0 bridgehead atoms. The third-order valence-corrected chi connectivity index (χ3v) is 2.44. The van der Waals surface area contributed by atoms with E-state index in [-0.39, 0.29) is 12.0 Å². The summed E-state index contributed by atoms with van der Waals surface area (Å²) in [6.45, 7) is 5.78. The zero-order chi connectivity index (χ0) is 12.5. The maximum atomic E-state index is 11.6. The quantitative estimate of drug-likeness (QED) is 0.693. The molecule has 1 heterocycles. The standard InChI is InChI=1S/C12H21N3O2/c1-3-6-11(12(16)17-4-2)13-8-10-15-9-5-7-14-15/h5,7,9,11,13H,3-4,6,8,10H2,1-2H3. The molecule has 0 saturated carbocycles. The van der Waals surface area contributed by atoms with E-state index in [1.54, 1.807) is 6.20 Å². The van der Waals surface area contributed by atoms with Gasteiger partial charge in [-0.05, 0) is 19.4 Å². The molecule has 0 aliphatic heterocycles. The number of rotatable bonds is 8. The Kier molecular flexibility index (Phi) is 6.32. The Bertz CT molecular complexity index is 312. The van der Waals surface area contributed by atoms with Crippen LogP contribution in [0.5, 0.6) is 0 Å². The van der Waals surface area contributed by atoms with Crippen molar-refractivity contribution >= 4 is 5.97 Å². The van der Waals surface area contributed by atoms with Crippen LogP contribution in [0.1, 0.15) is 26.7 Å². The fourth-order valence-corrected chi connectivity index (χ4v) is 1.62. The summed E-state index contributed by atoms with van der Waals surface area (Å²) in [6.07, 6.45) is 5.41. The molecule has 0 spiro atoms. The van der Waals surface area contributed by atoms with Crippen LogP contribution in [0.3, 0.4) is 0 Å². The fraction of sp³-hybridized carbons (Fsp3) is 0.667. The Morgan fingerprint density at radius 2 is 2.35 bits per heavy atom. The summed E-state index contributed by atoms with van der Waals surface area (Å²) in [7, 11) is 0. The Balaban J connectivity index is 2.31. The molecule has 1 aromatic rings. The van der Waals surface area contributed by atoms with E-state index in [1.807, 2.05) is 23.9 Å². The molecule has 5 nitrogen and oxygen atoms in total. The Morgan fingerprint density at radius 3 is 2.94 bits per heavy atom. The first kappa shape index (κ1) is 13.7. The molecule has 0 aliphatic rings. The van der Waals surface area contributed by atoms with Gasteiger partial charge in [0.05, 0.1) is 13.2 Å². The molecule has 0 radical (unpaired) electrons. The van der Waals surface area contributed by atoms with Crippen LogP contribution in [-0.4, -0.2) is 34.9 Å². The van der Waals surface area contributed by atoms with E-state index in [4.69, 9.17) is 4.74 Å². The smallest absolute Gasteiger partial charge is 0.323 e. The number of carbonyl (C=O) groups is 1. The topological polar surface area (TPSA) is 56.2 Å². The zero-order valence-corrected chi connectivity index (χ0v) is 10.6. The van der Waals surface area contributed by atoms with Gasteiger partial charge in [-0.15, -0.1) is 0 Å². The molecule has 17 heavy (non-hydrogen) atoms. The van der Waals surface area contributed by atoms with Crippen LogP contribution in [0.2, 0.25) is 0 Å². The lowest BCUT2D eigenvalue weighted by atomic mass is 10.1. The van der Waals surface area contributed by atoms with Crippen molar-refractivity contribution in [3.63, 3.8) is 0 Å². The molecule has 1 unspecified atom stereocenters. The van der Waals surface area contributed by atoms with Gasteiger partial charge in [-0.3, -0.25) is 9.48 Å². The molecule has 1 N–H and O–H groups in total. The zero-order valence-electron chi connectivity index (χ0n) is 10.6. The van der Waals surface area contributed by atoms with Crippen molar-refractivity contribution in [3.05, 3.63) is 18.5 Å². The van der Waals surface area contributed by atoms with Gasteiger partial charge >= 0.3 is 5.97 Å². The van der Waals surface area contributed by atoms with E-state index < -0.39 is 0 Å². The van der Waals surface area contributed by atoms with Crippen molar-refractivity contribution in [3.8, 4) is 0 Å². The Hall–Kier alpha value is -1.36. The van der Waals surface area contributed by atoms with Gasteiger partial charge in [0.25, 0.3) is 0 Å². The highest BCUT2D eigenvalue weighted by molar-refractivity contribution is 5.75. The van der Waals surface area contributed by atoms with Crippen LogP contribution < -0.4 is 5.32 Å². The van der Waals surface area contributed by atoms with Crippen molar-refractivity contribution in [2.75, 3.05) is 13.2 Å². The largest absolute Gasteiger partial charge is 0.465 e. The van der Waals surface area contributed by atoms with Gasteiger partial charge in [0, 0.05) is 18.9 Å². The predicted octanol–water partition coefficient (Wildman–Crippen LogP) is 1.20. The maximum absolute atomic E-state index is 11.6. The van der Waals surface area contributed by atoms with Crippen molar-refractivity contribution in [2.45, 2.75) is 39.3 Å². The second-order valence-electron chi connectivity index (χ2n) is 3.82. The van der Waals surface area contributed by atoms with Gasteiger partial charge in [-0.25, -0.2) is 0 Å². The van der Waals surface area contributed by atoms with Gasteiger partial charge < -0.3 is 10.1 Å². The number of aromatic nitrogens is 2. The second kappa shape index (κ2) is 7.84. The summed E-state index contributed by atoms with van der Waals surface area (Å²) in [4.78, 5) is 11.6. The lowest BCUT2D eigenvalue weighted by Gasteiger charge is -2.16. The predicted molar refractivity (Wildman–Crippen MR) is 65.6 cm³/mol. The number of ether oxygens (including phenoxy) is 1. The van der Waals surface area contributed by atoms with E-state index in [2.05, 4.69) is 17.3 Å². The molecule has 1 atom stereocenters. The number of hydrogen-bond acceptors (Lipinski definition) is 4. The van der Waals surface area contributed by atoms with Crippen LogP contribution in [0.25, 0.3) is 0 Å². The van der Waals surface area contributed by atoms with E-state index >= 15 is 0 Å². The first-order valence-corrected chi connectivity index (χ1v) is 6.15. The third kappa shape index (κ3) is 4.99. The minimum Gasteiger partial charge on any atom is -0.465 e. The average molecular weight is 239 g/mol. The molecule has 1 aromatic heterocycles. The number of esters is 1. The van der Waals surface area contributed by atoms with Crippen molar-refractivity contribution in [1.29, 1.82) is 0 Å². The SMILES string of the molecule is CCCC(NCCn1cccn1)C(=O)OCC. The summed E-state index contributed by atoms with van der Waals surface area (Å²) in [6, 6.07) is 1.69. The van der Waals surface area contributed by atoms with Crippen molar-refractivity contribution in [2.24, 2.45) is 0 Å². The van der Waals surface area contributed by atoms with Gasteiger partial charge in [0.2, 0.25) is 0 Å². The summed E-state index contributed by atoms with van der Waals surface area (Å²) >= 11 is 0. The van der Waals surface area contributed by atoms with E-state index in [1.165, 1.54) is 0 Å². The lowest BCUT2D eigenvalue weighted by Crippen LogP contribution is -2.39. The highest BCUT2D eigenvalue weighted by atomic mass is 16.5. The third-order valence-electron chi connectivity index (χ3n) is 2.44. The molecule has 0 fully saturated rings. The summed E-state index contributed by atoms with van der Waals surface area (Å²) in [5.41, 5.74) is 0. The molecule has 96 valence electrons.